The van der Waals surface area contributed by atoms with Crippen LogP contribution in [0.1, 0.15) is 0 Å². The van der Waals surface area contributed by atoms with E-state index in [9.17, 15) is 0 Å². The third-order valence-corrected chi connectivity index (χ3v) is 2.40. The molecule has 5 heteroatoms. The van der Waals surface area contributed by atoms with Crippen LogP contribution in [-0.2, 0) is 0 Å². The molecular weight excluding hydrogens is 178 g/mol. The molecule has 0 amide bonds. The van der Waals surface area contributed by atoms with Crippen LogP contribution in [0.25, 0.3) is 0 Å². The van der Waals surface area contributed by atoms with E-state index in [2.05, 4.69) is 5.32 Å². The van der Waals surface area contributed by atoms with Crippen molar-refractivity contribution in [2.24, 2.45) is 0 Å². The summed E-state index contributed by atoms with van der Waals surface area (Å²) in [6.45, 7) is 0. The normalized spacial score (nSPS) is 12.7. The van der Waals surface area contributed by atoms with Crippen molar-refractivity contribution in [3.8, 4) is 0 Å². The minimum absolute atomic E-state index is 0.118. The largest absolute Gasteiger partial charge is 0.387 e. The summed E-state index contributed by atoms with van der Waals surface area (Å²) in [6, 6.07) is 6.47. The van der Waals surface area contributed by atoms with E-state index in [1.54, 1.807) is 25.2 Å². The third kappa shape index (κ3) is 1.89. The van der Waals surface area contributed by atoms with Crippen molar-refractivity contribution < 1.29 is 13.7 Å². The molecule has 0 atom stereocenters. The van der Waals surface area contributed by atoms with E-state index in [0.29, 0.717) is 5.69 Å². The molecule has 0 heterocycles. The summed E-state index contributed by atoms with van der Waals surface area (Å²) >= 11 is 0. The molecule has 1 aromatic rings. The van der Waals surface area contributed by atoms with Crippen LogP contribution < -0.4 is 5.32 Å². The average molecular weight is 189 g/mol. The van der Waals surface area contributed by atoms with E-state index < -0.39 is 10.9 Å². The topological polar surface area (TPSA) is 72.7 Å². The lowest BCUT2D eigenvalue weighted by molar-refractivity contribution is 0.376. The van der Waals surface area contributed by atoms with Gasteiger partial charge in [0.1, 0.15) is 10.9 Å². The summed E-state index contributed by atoms with van der Waals surface area (Å²) in [5, 5.41) is 2.74. The van der Waals surface area contributed by atoms with Crippen molar-refractivity contribution in [2.75, 3.05) is 12.4 Å². The van der Waals surface area contributed by atoms with Gasteiger partial charge in [-0.05, 0) is 12.1 Å². The fraction of sp³-hybridized carbons (Fsp3) is 0.143. The highest BCUT2D eigenvalue weighted by Crippen LogP contribution is 2.47. The van der Waals surface area contributed by atoms with Gasteiger partial charge in [0, 0.05) is 7.05 Å². The molecule has 4 N–H and O–H groups in total. The maximum absolute atomic E-state index is 8.96. The van der Waals surface area contributed by atoms with Crippen LogP contribution in [0.5, 0.6) is 0 Å². The van der Waals surface area contributed by atoms with Crippen LogP contribution >= 0.6 is 10.9 Å². The van der Waals surface area contributed by atoms with Gasteiger partial charge in [-0.15, -0.1) is 0 Å². The quantitative estimate of drug-likeness (QED) is 0.576. The van der Waals surface area contributed by atoms with Gasteiger partial charge in [-0.3, -0.25) is 0 Å². The first-order chi connectivity index (χ1) is 5.55. The second-order valence-electron chi connectivity index (χ2n) is 2.26. The number of hydrogen-bond donors (Lipinski definition) is 4. The molecule has 1 aromatic carbocycles. The Labute approximate surface area is 72.4 Å². The van der Waals surface area contributed by atoms with Crippen molar-refractivity contribution in [1.29, 1.82) is 0 Å². The molecular formula is C7H11NO3S. The summed E-state index contributed by atoms with van der Waals surface area (Å²) in [4.78, 5) is 0.118. The second kappa shape index (κ2) is 3.32. The lowest BCUT2D eigenvalue weighted by atomic mass is 10.3. The molecule has 0 radical (unpaired) electrons. The SMILES string of the molecule is CNc1ccccc1S(O)(O)O. The Balaban J connectivity index is 3.14. The molecule has 0 unspecified atom stereocenters. The molecule has 0 saturated carbocycles. The maximum Gasteiger partial charge on any atom is 0.115 e. The van der Waals surface area contributed by atoms with E-state index >= 15 is 0 Å². The van der Waals surface area contributed by atoms with Gasteiger partial charge in [0.2, 0.25) is 0 Å². The Hall–Kier alpha value is -0.750. The minimum Gasteiger partial charge on any atom is -0.387 e. The highest BCUT2D eigenvalue weighted by molar-refractivity contribution is 8.19. The zero-order valence-electron chi connectivity index (χ0n) is 6.56. The number of benzene rings is 1. The molecule has 0 aromatic heterocycles. The van der Waals surface area contributed by atoms with Gasteiger partial charge in [0.05, 0.1) is 10.6 Å². The van der Waals surface area contributed by atoms with Crippen molar-refractivity contribution in [3.05, 3.63) is 24.3 Å². The number of nitrogens with one attached hydrogen (secondary N) is 1. The van der Waals surface area contributed by atoms with Gasteiger partial charge >= 0.3 is 0 Å². The van der Waals surface area contributed by atoms with E-state index in [1.807, 2.05) is 0 Å². The molecule has 4 nitrogen and oxygen atoms in total. The Bertz CT molecular complexity index is 272. The molecule has 0 aliphatic carbocycles. The maximum atomic E-state index is 8.96. The second-order valence-corrected chi connectivity index (χ2v) is 3.74. The number of anilines is 1. The molecule has 68 valence electrons. The van der Waals surface area contributed by atoms with Crippen LogP contribution in [0.4, 0.5) is 5.69 Å². The molecule has 0 fully saturated rings. The lowest BCUT2D eigenvalue weighted by Crippen LogP contribution is -2.00. The van der Waals surface area contributed by atoms with Crippen LogP contribution in [0.15, 0.2) is 29.2 Å². The number of rotatable bonds is 2. The van der Waals surface area contributed by atoms with E-state index in [1.165, 1.54) is 6.07 Å². The molecule has 0 aliphatic heterocycles. The first kappa shape index (κ1) is 9.34. The Kier molecular flexibility index (Phi) is 2.58. The van der Waals surface area contributed by atoms with Gasteiger partial charge in [-0.2, -0.15) is 0 Å². The molecule has 0 aliphatic rings. The van der Waals surface area contributed by atoms with Crippen molar-refractivity contribution >= 4 is 16.6 Å². The molecule has 12 heavy (non-hydrogen) atoms. The fourth-order valence-electron chi connectivity index (χ4n) is 0.912. The van der Waals surface area contributed by atoms with Gasteiger partial charge < -0.3 is 19.0 Å². The standard InChI is InChI=1S/C7H11NO3S/c1-8-6-4-2-3-5-7(6)12(9,10)11/h2-5,8-11H,1H3. The van der Waals surface area contributed by atoms with Crippen molar-refractivity contribution in [3.63, 3.8) is 0 Å². The number of hydrogen-bond acceptors (Lipinski definition) is 4. The summed E-state index contributed by atoms with van der Waals surface area (Å²) in [7, 11) is -1.97. The van der Waals surface area contributed by atoms with Gasteiger partial charge in [0.15, 0.2) is 0 Å². The van der Waals surface area contributed by atoms with Crippen molar-refractivity contribution in [1.82, 2.24) is 0 Å². The van der Waals surface area contributed by atoms with Gasteiger partial charge in [0.25, 0.3) is 0 Å². The predicted molar refractivity (Wildman–Crippen MR) is 49.7 cm³/mol. The zero-order valence-corrected chi connectivity index (χ0v) is 7.38. The summed E-state index contributed by atoms with van der Waals surface area (Å²) in [6.07, 6.45) is 0. The third-order valence-electron chi connectivity index (χ3n) is 1.45. The van der Waals surface area contributed by atoms with Crippen LogP contribution in [-0.4, -0.2) is 20.7 Å². The fourth-order valence-corrected chi connectivity index (χ4v) is 1.64. The van der Waals surface area contributed by atoms with E-state index in [-0.39, 0.29) is 4.90 Å². The summed E-state index contributed by atoms with van der Waals surface area (Å²) in [5.74, 6) is 0. The van der Waals surface area contributed by atoms with Gasteiger partial charge in [-0.1, -0.05) is 12.1 Å². The molecule has 0 spiro atoms. The smallest absolute Gasteiger partial charge is 0.115 e. The van der Waals surface area contributed by atoms with Crippen LogP contribution in [0.2, 0.25) is 0 Å². The Morgan fingerprint density at radius 2 is 1.75 bits per heavy atom. The molecule has 0 bridgehead atoms. The van der Waals surface area contributed by atoms with Gasteiger partial charge in [-0.25, -0.2) is 0 Å². The monoisotopic (exact) mass is 189 g/mol. The Morgan fingerprint density at radius 3 is 2.17 bits per heavy atom. The van der Waals surface area contributed by atoms with Crippen molar-refractivity contribution in [2.45, 2.75) is 4.90 Å². The summed E-state index contributed by atoms with van der Waals surface area (Å²) in [5.41, 5.74) is 0.514. The average Bonchev–Trinajstić information content (AvgIpc) is 2.03. The zero-order chi connectivity index (χ0) is 9.19. The minimum atomic E-state index is -3.61. The van der Waals surface area contributed by atoms with E-state index in [0.717, 1.165) is 0 Å². The molecule has 0 saturated heterocycles. The predicted octanol–water partition coefficient (Wildman–Crippen LogP) is 2.31. The molecule has 1 rings (SSSR count). The first-order valence-corrected chi connectivity index (χ1v) is 4.83. The summed E-state index contributed by atoms with van der Waals surface area (Å²) < 4.78 is 26.9. The van der Waals surface area contributed by atoms with Crippen LogP contribution in [0.3, 0.4) is 0 Å². The van der Waals surface area contributed by atoms with Crippen LogP contribution in [0, 0.1) is 0 Å². The first-order valence-electron chi connectivity index (χ1n) is 3.33. The highest BCUT2D eigenvalue weighted by atomic mass is 32.3. The van der Waals surface area contributed by atoms with E-state index in [4.69, 9.17) is 13.7 Å². The Morgan fingerprint density at radius 1 is 1.17 bits per heavy atom. The highest BCUT2D eigenvalue weighted by Gasteiger charge is 2.18. The lowest BCUT2D eigenvalue weighted by Gasteiger charge is -2.21. The number of para-hydroxylation sites is 1.